The van der Waals surface area contributed by atoms with Gasteiger partial charge in [-0.3, -0.25) is 4.79 Å². The summed E-state index contributed by atoms with van der Waals surface area (Å²) in [7, 11) is -1.64. The van der Waals surface area contributed by atoms with Gasteiger partial charge in [0.2, 0.25) is 15.9 Å². The lowest BCUT2D eigenvalue weighted by atomic mass is 10.1. The van der Waals surface area contributed by atoms with Crippen LogP contribution in [0.2, 0.25) is 5.02 Å². The molecular formula is C21H27ClN4O3S. The summed E-state index contributed by atoms with van der Waals surface area (Å²) in [5, 5.41) is 2.97. The van der Waals surface area contributed by atoms with Crippen molar-refractivity contribution in [1.82, 2.24) is 9.62 Å². The van der Waals surface area contributed by atoms with Gasteiger partial charge in [-0.05, 0) is 49.9 Å². The van der Waals surface area contributed by atoms with Crippen LogP contribution in [0.25, 0.3) is 0 Å². The number of sulfonamides is 1. The van der Waals surface area contributed by atoms with Gasteiger partial charge in [0, 0.05) is 50.5 Å². The molecule has 0 spiro atoms. The fourth-order valence-corrected chi connectivity index (χ4v) is 4.95. The minimum Gasteiger partial charge on any atom is -0.369 e. The third-order valence-electron chi connectivity index (χ3n) is 5.09. The van der Waals surface area contributed by atoms with E-state index in [0.717, 1.165) is 31.7 Å². The van der Waals surface area contributed by atoms with Crippen LogP contribution in [0.1, 0.15) is 12.0 Å². The molecule has 1 fully saturated rings. The number of likely N-dealkylation sites (N-methyl/N-ethyl adjacent to an activating group) is 1. The second-order valence-corrected chi connectivity index (χ2v) is 9.56. The van der Waals surface area contributed by atoms with E-state index in [1.165, 1.54) is 17.8 Å². The molecule has 9 heteroatoms. The van der Waals surface area contributed by atoms with Crippen LogP contribution in [0.15, 0.2) is 47.4 Å². The van der Waals surface area contributed by atoms with Gasteiger partial charge in [-0.15, -0.1) is 0 Å². The first-order chi connectivity index (χ1) is 14.3. The zero-order valence-electron chi connectivity index (χ0n) is 17.2. The van der Waals surface area contributed by atoms with Gasteiger partial charge >= 0.3 is 0 Å². The van der Waals surface area contributed by atoms with Gasteiger partial charge in [0.15, 0.2) is 0 Å². The molecule has 162 valence electrons. The number of carbonyl (C=O) groups is 1. The molecule has 1 amide bonds. The van der Waals surface area contributed by atoms with E-state index in [0.29, 0.717) is 5.69 Å². The predicted molar refractivity (Wildman–Crippen MR) is 121 cm³/mol. The average Bonchev–Trinajstić information content (AvgIpc) is 2.69. The van der Waals surface area contributed by atoms with Gasteiger partial charge < -0.3 is 15.1 Å². The number of nitrogens with zero attached hydrogens (tertiary/aromatic N) is 2. The molecule has 0 bridgehead atoms. The SMILES string of the molecule is Cc1cc(NC(=O)CCNS(=O)(=O)c2ccccc2Cl)ccc1N1CCN(C)CC1. The highest BCUT2D eigenvalue weighted by Gasteiger charge is 2.18. The number of hydrogen-bond donors (Lipinski definition) is 2. The summed E-state index contributed by atoms with van der Waals surface area (Å²) < 4.78 is 27.0. The standard InChI is InChI=1S/C21H27ClN4O3S/c1-16-15-17(7-8-19(16)26-13-11-25(2)12-14-26)24-21(27)9-10-23-30(28,29)20-6-4-3-5-18(20)22/h3-8,15,23H,9-14H2,1-2H3,(H,24,27). The van der Waals surface area contributed by atoms with Crippen LogP contribution in [0.5, 0.6) is 0 Å². The highest BCUT2D eigenvalue weighted by molar-refractivity contribution is 7.89. The number of benzene rings is 2. The van der Waals surface area contributed by atoms with Crippen molar-refractivity contribution in [2.24, 2.45) is 0 Å². The quantitative estimate of drug-likeness (QED) is 0.677. The minimum absolute atomic E-state index is 0.00203. The maximum atomic E-state index is 12.3. The first-order valence-corrected chi connectivity index (χ1v) is 11.7. The Bertz CT molecular complexity index is 1010. The number of rotatable bonds is 7. The predicted octanol–water partition coefficient (Wildman–Crippen LogP) is 2.71. The van der Waals surface area contributed by atoms with E-state index in [2.05, 4.69) is 26.9 Å². The Kier molecular flexibility index (Phi) is 7.36. The number of carbonyl (C=O) groups excluding carboxylic acids is 1. The summed E-state index contributed by atoms with van der Waals surface area (Å²) in [6, 6.07) is 12.0. The van der Waals surface area contributed by atoms with Crippen LogP contribution < -0.4 is 14.9 Å². The maximum Gasteiger partial charge on any atom is 0.242 e. The van der Waals surface area contributed by atoms with Crippen molar-refractivity contribution < 1.29 is 13.2 Å². The van der Waals surface area contributed by atoms with Crippen LogP contribution in [-0.2, 0) is 14.8 Å². The molecule has 1 saturated heterocycles. The minimum atomic E-state index is -3.76. The van der Waals surface area contributed by atoms with Gasteiger partial charge in [0.05, 0.1) is 5.02 Å². The van der Waals surface area contributed by atoms with Crippen LogP contribution in [0.4, 0.5) is 11.4 Å². The molecule has 7 nitrogen and oxygen atoms in total. The van der Waals surface area contributed by atoms with Gasteiger partial charge in [0.25, 0.3) is 0 Å². The van der Waals surface area contributed by atoms with Crippen LogP contribution in [-0.4, -0.2) is 59.0 Å². The number of amides is 1. The van der Waals surface area contributed by atoms with Gasteiger partial charge in [-0.2, -0.15) is 0 Å². The molecule has 30 heavy (non-hydrogen) atoms. The van der Waals surface area contributed by atoms with Crippen molar-refractivity contribution in [3.05, 3.63) is 53.1 Å². The fraction of sp³-hybridized carbons (Fsp3) is 0.381. The van der Waals surface area contributed by atoms with Crippen molar-refractivity contribution >= 4 is 38.9 Å². The number of piperazine rings is 1. The summed E-state index contributed by atoms with van der Waals surface area (Å²) >= 11 is 5.94. The van der Waals surface area contributed by atoms with E-state index in [1.807, 2.05) is 25.1 Å². The Morgan fingerprint density at radius 3 is 2.47 bits per heavy atom. The highest BCUT2D eigenvalue weighted by Crippen LogP contribution is 2.25. The third kappa shape index (κ3) is 5.72. The van der Waals surface area contributed by atoms with Crippen LogP contribution in [0, 0.1) is 6.92 Å². The Balaban J connectivity index is 1.52. The summed E-state index contributed by atoms with van der Waals surface area (Å²) in [6.45, 7) is 6.03. The van der Waals surface area contributed by atoms with Crippen LogP contribution >= 0.6 is 11.6 Å². The second kappa shape index (κ2) is 9.78. The van der Waals surface area contributed by atoms with Crippen molar-refractivity contribution in [1.29, 1.82) is 0 Å². The van der Waals surface area contributed by atoms with Crippen LogP contribution in [0.3, 0.4) is 0 Å². The number of aryl methyl sites for hydroxylation is 1. The van der Waals surface area contributed by atoms with Crippen molar-refractivity contribution in [2.75, 3.05) is 50.0 Å². The van der Waals surface area contributed by atoms with Gasteiger partial charge in [-0.25, -0.2) is 13.1 Å². The summed E-state index contributed by atoms with van der Waals surface area (Å²) in [4.78, 5) is 16.9. The second-order valence-electron chi connectivity index (χ2n) is 7.42. The van der Waals surface area contributed by atoms with E-state index in [9.17, 15) is 13.2 Å². The summed E-state index contributed by atoms with van der Waals surface area (Å²) in [5.74, 6) is -0.261. The van der Waals surface area contributed by atoms with Gasteiger partial charge in [0.1, 0.15) is 4.90 Å². The highest BCUT2D eigenvalue weighted by atomic mass is 35.5. The number of halogens is 1. The van der Waals surface area contributed by atoms with Crippen molar-refractivity contribution in [3.8, 4) is 0 Å². The normalized spacial score (nSPS) is 15.2. The number of anilines is 2. The Labute approximate surface area is 183 Å². The zero-order valence-corrected chi connectivity index (χ0v) is 18.8. The topological polar surface area (TPSA) is 81.8 Å². The molecule has 0 saturated carbocycles. The number of nitrogens with one attached hydrogen (secondary N) is 2. The Morgan fingerprint density at radius 1 is 1.10 bits per heavy atom. The molecule has 1 aliphatic heterocycles. The third-order valence-corrected chi connectivity index (χ3v) is 7.06. The number of hydrogen-bond acceptors (Lipinski definition) is 5. The average molecular weight is 451 g/mol. The molecule has 2 aromatic carbocycles. The van der Waals surface area contributed by atoms with Gasteiger partial charge in [-0.1, -0.05) is 23.7 Å². The first kappa shape index (κ1) is 22.6. The molecule has 2 aromatic rings. The molecule has 0 unspecified atom stereocenters. The lowest BCUT2D eigenvalue weighted by Crippen LogP contribution is -2.44. The molecule has 0 atom stereocenters. The molecule has 0 aliphatic carbocycles. The molecular weight excluding hydrogens is 424 g/mol. The van der Waals surface area contributed by atoms with E-state index in [1.54, 1.807) is 12.1 Å². The lowest BCUT2D eigenvalue weighted by molar-refractivity contribution is -0.116. The maximum absolute atomic E-state index is 12.3. The molecule has 0 radical (unpaired) electrons. The fourth-order valence-electron chi connectivity index (χ4n) is 3.40. The Hall–Kier alpha value is -2.13. The summed E-state index contributed by atoms with van der Waals surface area (Å²) in [5.41, 5.74) is 2.97. The van der Waals surface area contributed by atoms with E-state index < -0.39 is 10.0 Å². The molecule has 2 N–H and O–H groups in total. The van der Waals surface area contributed by atoms with Crippen molar-refractivity contribution in [3.63, 3.8) is 0 Å². The van der Waals surface area contributed by atoms with E-state index in [4.69, 9.17) is 11.6 Å². The smallest absolute Gasteiger partial charge is 0.242 e. The first-order valence-electron chi connectivity index (χ1n) is 9.84. The molecule has 1 heterocycles. The summed E-state index contributed by atoms with van der Waals surface area (Å²) in [6.07, 6.45) is 0.0168. The molecule has 1 aliphatic rings. The largest absolute Gasteiger partial charge is 0.369 e. The van der Waals surface area contributed by atoms with E-state index in [-0.39, 0.29) is 28.8 Å². The monoisotopic (exact) mass is 450 g/mol. The lowest BCUT2D eigenvalue weighted by Gasteiger charge is -2.35. The van der Waals surface area contributed by atoms with E-state index >= 15 is 0 Å². The van der Waals surface area contributed by atoms with Crippen molar-refractivity contribution in [2.45, 2.75) is 18.2 Å². The molecule has 3 rings (SSSR count). The zero-order chi connectivity index (χ0) is 21.7. The molecule has 0 aromatic heterocycles. The Morgan fingerprint density at radius 2 is 1.80 bits per heavy atom.